The third kappa shape index (κ3) is 5.93. The topological polar surface area (TPSA) is 85.6 Å². The van der Waals surface area contributed by atoms with E-state index < -0.39 is 0 Å². The number of benzene rings is 3. The van der Waals surface area contributed by atoms with Gasteiger partial charge in [-0.15, -0.1) is 0 Å². The molecule has 1 heterocycles. The van der Waals surface area contributed by atoms with Gasteiger partial charge in [0.2, 0.25) is 0 Å². The van der Waals surface area contributed by atoms with Gasteiger partial charge >= 0.3 is 0 Å². The van der Waals surface area contributed by atoms with E-state index in [1.165, 1.54) is 4.68 Å². The van der Waals surface area contributed by atoms with Crippen molar-refractivity contribution in [2.24, 2.45) is 5.10 Å². The first kappa shape index (κ1) is 26.2. The standard InChI is InChI=1S/C26H21Br3N4O3/c1-3-23-31-22-9-8-17(27)12-18(22)26(35)33(23)30-13-16-10-19(28)25(20(29)11-16)36-14-24(34)32-21-7-5-4-6-15(21)2/h4-13H,3,14H2,1-2H3,(H,32,34). The zero-order valence-electron chi connectivity index (χ0n) is 19.4. The highest BCUT2D eigenvalue weighted by Crippen LogP contribution is 2.34. The smallest absolute Gasteiger partial charge is 0.282 e. The van der Waals surface area contributed by atoms with Gasteiger partial charge in [0.05, 0.1) is 26.1 Å². The van der Waals surface area contributed by atoms with Gasteiger partial charge in [0.15, 0.2) is 6.61 Å². The van der Waals surface area contributed by atoms with Crippen LogP contribution in [0, 0.1) is 6.92 Å². The van der Waals surface area contributed by atoms with Crippen LogP contribution in [0.4, 0.5) is 5.69 Å². The predicted octanol–water partition coefficient (Wildman–Crippen LogP) is 6.45. The minimum absolute atomic E-state index is 0.160. The Hall–Kier alpha value is -2.82. The molecule has 0 fully saturated rings. The molecule has 0 aliphatic heterocycles. The Morgan fingerprint density at radius 2 is 1.83 bits per heavy atom. The van der Waals surface area contributed by atoms with E-state index in [-0.39, 0.29) is 18.1 Å². The van der Waals surface area contributed by atoms with Crippen molar-refractivity contribution >= 4 is 76.5 Å². The number of aryl methyl sites for hydroxylation is 2. The molecule has 10 heteroatoms. The Kier molecular flexibility index (Phi) is 8.38. The minimum atomic E-state index is -0.268. The Balaban J connectivity index is 1.54. The van der Waals surface area contributed by atoms with Crippen LogP contribution in [0.2, 0.25) is 0 Å². The molecule has 0 bridgehead atoms. The van der Waals surface area contributed by atoms with E-state index >= 15 is 0 Å². The number of carbonyl (C=O) groups excluding carboxylic acids is 1. The Labute approximate surface area is 233 Å². The van der Waals surface area contributed by atoms with Crippen molar-refractivity contribution in [2.45, 2.75) is 20.3 Å². The molecule has 3 aromatic carbocycles. The monoisotopic (exact) mass is 674 g/mol. The van der Waals surface area contributed by atoms with Gasteiger partial charge in [0, 0.05) is 16.6 Å². The highest BCUT2D eigenvalue weighted by Gasteiger charge is 2.13. The maximum absolute atomic E-state index is 13.1. The van der Waals surface area contributed by atoms with Crippen LogP contribution in [0.15, 0.2) is 77.9 Å². The van der Waals surface area contributed by atoms with E-state index in [1.54, 1.807) is 24.4 Å². The molecular weight excluding hydrogens is 656 g/mol. The normalized spacial score (nSPS) is 11.2. The molecule has 0 atom stereocenters. The second kappa shape index (κ2) is 11.5. The molecule has 4 aromatic rings. The van der Waals surface area contributed by atoms with E-state index in [0.717, 1.165) is 15.7 Å². The Bertz CT molecular complexity index is 1530. The highest BCUT2D eigenvalue weighted by atomic mass is 79.9. The number of carbonyl (C=O) groups is 1. The molecule has 36 heavy (non-hydrogen) atoms. The van der Waals surface area contributed by atoms with Crippen LogP contribution < -0.4 is 15.6 Å². The van der Waals surface area contributed by atoms with Gasteiger partial charge in [0.25, 0.3) is 11.5 Å². The molecule has 0 saturated heterocycles. The fraction of sp³-hybridized carbons (Fsp3) is 0.154. The molecule has 7 nitrogen and oxygen atoms in total. The number of nitrogens with one attached hydrogen (secondary N) is 1. The van der Waals surface area contributed by atoms with Gasteiger partial charge in [-0.3, -0.25) is 9.59 Å². The molecule has 0 unspecified atom stereocenters. The fourth-order valence-corrected chi connectivity index (χ4v) is 5.31. The number of hydrogen-bond acceptors (Lipinski definition) is 5. The van der Waals surface area contributed by atoms with Crippen molar-refractivity contribution in [3.8, 4) is 5.75 Å². The van der Waals surface area contributed by atoms with Gasteiger partial charge in [-0.05, 0) is 86.3 Å². The van der Waals surface area contributed by atoms with Crippen LogP contribution in [0.3, 0.4) is 0 Å². The number of hydrogen-bond donors (Lipinski definition) is 1. The summed E-state index contributed by atoms with van der Waals surface area (Å²) >= 11 is 10.4. The van der Waals surface area contributed by atoms with Gasteiger partial charge in [-0.2, -0.15) is 9.78 Å². The number of fused-ring (bicyclic) bond motifs is 1. The Morgan fingerprint density at radius 3 is 2.53 bits per heavy atom. The molecule has 4 rings (SSSR count). The third-order valence-corrected chi connectivity index (χ3v) is 6.97. The molecular formula is C26H21Br3N4O3. The first-order valence-electron chi connectivity index (χ1n) is 11.0. The molecule has 0 aliphatic carbocycles. The molecule has 1 N–H and O–H groups in total. The van der Waals surface area contributed by atoms with Crippen LogP contribution in [-0.2, 0) is 11.2 Å². The number of anilines is 1. The van der Waals surface area contributed by atoms with E-state index in [1.807, 2.05) is 50.2 Å². The van der Waals surface area contributed by atoms with Crippen molar-refractivity contribution in [1.82, 2.24) is 9.66 Å². The van der Waals surface area contributed by atoms with Crippen LogP contribution in [0.5, 0.6) is 5.75 Å². The average molecular weight is 677 g/mol. The quantitative estimate of drug-likeness (QED) is 0.228. The molecule has 0 aliphatic rings. The largest absolute Gasteiger partial charge is 0.481 e. The maximum atomic E-state index is 13.1. The molecule has 184 valence electrons. The molecule has 0 saturated carbocycles. The first-order chi connectivity index (χ1) is 17.3. The summed E-state index contributed by atoms with van der Waals surface area (Å²) in [4.78, 5) is 30.0. The maximum Gasteiger partial charge on any atom is 0.282 e. The van der Waals surface area contributed by atoms with Crippen molar-refractivity contribution in [3.63, 3.8) is 0 Å². The summed E-state index contributed by atoms with van der Waals surface area (Å²) in [6.07, 6.45) is 2.12. The summed E-state index contributed by atoms with van der Waals surface area (Å²) in [6.45, 7) is 3.69. The first-order valence-corrected chi connectivity index (χ1v) is 13.4. The second-order valence-electron chi connectivity index (χ2n) is 7.87. The van der Waals surface area contributed by atoms with Gasteiger partial charge in [-0.1, -0.05) is 41.1 Å². The lowest BCUT2D eigenvalue weighted by Gasteiger charge is -2.12. The number of rotatable bonds is 7. The summed E-state index contributed by atoms with van der Waals surface area (Å²) in [6, 6.07) is 16.5. The molecule has 1 amide bonds. The van der Waals surface area contributed by atoms with E-state index in [2.05, 4.69) is 63.2 Å². The molecule has 0 radical (unpaired) electrons. The summed E-state index contributed by atoms with van der Waals surface area (Å²) < 4.78 is 9.13. The molecule has 0 spiro atoms. The summed E-state index contributed by atoms with van der Waals surface area (Å²) in [5, 5.41) is 7.75. The van der Waals surface area contributed by atoms with Crippen molar-refractivity contribution < 1.29 is 9.53 Å². The average Bonchev–Trinajstić information content (AvgIpc) is 2.84. The minimum Gasteiger partial charge on any atom is -0.481 e. The lowest BCUT2D eigenvalue weighted by molar-refractivity contribution is -0.118. The lowest BCUT2D eigenvalue weighted by atomic mass is 10.2. The number of amides is 1. The number of nitrogens with zero attached hydrogens (tertiary/aromatic N) is 3. The lowest BCUT2D eigenvalue weighted by Crippen LogP contribution is -2.22. The molecule has 1 aromatic heterocycles. The summed E-state index contributed by atoms with van der Waals surface area (Å²) in [5.41, 5.74) is 2.82. The van der Waals surface area contributed by atoms with E-state index in [9.17, 15) is 9.59 Å². The van der Waals surface area contributed by atoms with E-state index in [0.29, 0.717) is 43.4 Å². The van der Waals surface area contributed by atoms with Gasteiger partial charge in [0.1, 0.15) is 11.6 Å². The van der Waals surface area contributed by atoms with Gasteiger partial charge in [-0.25, -0.2) is 4.98 Å². The predicted molar refractivity (Wildman–Crippen MR) is 153 cm³/mol. The van der Waals surface area contributed by atoms with Gasteiger partial charge < -0.3 is 10.1 Å². The van der Waals surface area contributed by atoms with Crippen molar-refractivity contribution in [3.05, 3.63) is 95.3 Å². The third-order valence-electron chi connectivity index (χ3n) is 5.30. The number of halogens is 3. The fourth-order valence-electron chi connectivity index (χ4n) is 3.50. The van der Waals surface area contributed by atoms with Crippen LogP contribution in [-0.4, -0.2) is 28.4 Å². The Morgan fingerprint density at radius 1 is 1.11 bits per heavy atom. The number of aromatic nitrogens is 2. The number of para-hydroxylation sites is 1. The van der Waals surface area contributed by atoms with Crippen LogP contribution in [0.25, 0.3) is 10.9 Å². The zero-order valence-corrected chi connectivity index (χ0v) is 24.1. The second-order valence-corrected chi connectivity index (χ2v) is 10.5. The highest BCUT2D eigenvalue weighted by molar-refractivity contribution is 9.11. The van der Waals surface area contributed by atoms with Crippen LogP contribution in [0.1, 0.15) is 23.9 Å². The van der Waals surface area contributed by atoms with Crippen molar-refractivity contribution in [2.75, 3.05) is 11.9 Å². The summed E-state index contributed by atoms with van der Waals surface area (Å²) in [7, 11) is 0. The van der Waals surface area contributed by atoms with Crippen molar-refractivity contribution in [1.29, 1.82) is 0 Å². The SMILES string of the molecule is CCc1nc2ccc(Br)cc2c(=O)n1N=Cc1cc(Br)c(OCC(=O)Nc2ccccc2C)c(Br)c1. The summed E-state index contributed by atoms with van der Waals surface area (Å²) in [5.74, 6) is 0.773. The van der Waals surface area contributed by atoms with E-state index in [4.69, 9.17) is 4.74 Å². The number of ether oxygens (including phenoxy) is 1. The van der Waals surface area contributed by atoms with Crippen LogP contribution >= 0.6 is 47.8 Å². The zero-order chi connectivity index (χ0) is 25.8.